The normalized spacial score (nSPS) is 11.9. The van der Waals surface area contributed by atoms with Crippen molar-refractivity contribution in [3.63, 3.8) is 0 Å². The van der Waals surface area contributed by atoms with Crippen molar-refractivity contribution in [2.24, 2.45) is 0 Å². The highest BCUT2D eigenvalue weighted by atomic mass is 28.3. The van der Waals surface area contributed by atoms with E-state index in [2.05, 4.69) is 111 Å². The van der Waals surface area contributed by atoms with Gasteiger partial charge in [-0.3, -0.25) is 0 Å². The first-order chi connectivity index (χ1) is 12.5. The van der Waals surface area contributed by atoms with Gasteiger partial charge in [-0.15, -0.1) is 22.9 Å². The molecular formula is C24H32Si3. The minimum Gasteiger partial charge on any atom is -0.126 e. The molecule has 2 rings (SSSR count). The Bertz CT molecular complexity index is 833. The van der Waals surface area contributed by atoms with Crippen molar-refractivity contribution in [1.82, 2.24) is 0 Å². The fraction of sp³-hybridized carbons (Fsp3) is 0.333. The molecule has 27 heavy (non-hydrogen) atoms. The Morgan fingerprint density at radius 2 is 0.741 bits per heavy atom. The minimum absolute atomic E-state index is 1.42. The summed E-state index contributed by atoms with van der Waals surface area (Å²) in [4.78, 5) is 0. The van der Waals surface area contributed by atoms with Crippen LogP contribution in [0.1, 0.15) is 13.8 Å². The molecule has 0 atom stereocenters. The van der Waals surface area contributed by atoms with E-state index in [4.69, 9.17) is 0 Å². The lowest BCUT2D eigenvalue weighted by Crippen LogP contribution is -2.54. The van der Waals surface area contributed by atoms with Crippen LogP contribution in [0, 0.1) is 22.9 Å². The van der Waals surface area contributed by atoms with Crippen molar-refractivity contribution in [2.45, 2.75) is 53.1 Å². The molecule has 0 aliphatic carbocycles. The van der Waals surface area contributed by atoms with Crippen molar-refractivity contribution in [1.29, 1.82) is 0 Å². The second kappa shape index (κ2) is 8.07. The maximum atomic E-state index is 3.45. The zero-order valence-electron chi connectivity index (χ0n) is 18.1. The van der Waals surface area contributed by atoms with Gasteiger partial charge >= 0.3 is 0 Å². The van der Waals surface area contributed by atoms with Crippen LogP contribution in [0.3, 0.4) is 0 Å². The van der Waals surface area contributed by atoms with Crippen molar-refractivity contribution in [3.8, 4) is 22.9 Å². The van der Waals surface area contributed by atoms with Crippen LogP contribution in [0.25, 0.3) is 0 Å². The molecule has 0 aliphatic rings. The van der Waals surface area contributed by atoms with Crippen LogP contribution >= 0.6 is 0 Å². The van der Waals surface area contributed by atoms with Crippen molar-refractivity contribution < 1.29 is 0 Å². The Balaban J connectivity index is 2.35. The van der Waals surface area contributed by atoms with E-state index in [1.165, 1.54) is 20.7 Å². The van der Waals surface area contributed by atoms with Crippen molar-refractivity contribution >= 4 is 45.0 Å². The van der Waals surface area contributed by atoms with Crippen LogP contribution in [0.15, 0.2) is 48.5 Å². The van der Waals surface area contributed by atoms with Gasteiger partial charge in [-0.25, -0.2) is 0 Å². The summed E-state index contributed by atoms with van der Waals surface area (Å²) in [5.41, 5.74) is 6.90. The standard InChI is InChI=1S/C24H32Si3/c1-9-19-25(3,4)21-11-15-23(16-12-21)27(7,8)24-17-13-22(14-18-24)26(5,6)20-10-2/h11-18H,1-8H3. The summed E-state index contributed by atoms with van der Waals surface area (Å²) in [7, 11) is -4.96. The molecular weight excluding hydrogens is 373 g/mol. The molecule has 2 aromatic rings. The minimum atomic E-state index is -1.70. The second-order valence-corrected chi connectivity index (χ2v) is 21.3. The molecule has 0 amide bonds. The maximum Gasteiger partial charge on any atom is 0.162 e. The molecule has 2 aromatic carbocycles. The summed E-state index contributed by atoms with van der Waals surface area (Å²) in [5.74, 6) is 6.24. The summed E-state index contributed by atoms with van der Waals surface area (Å²) < 4.78 is 0. The molecule has 0 unspecified atom stereocenters. The first kappa shape index (κ1) is 21.5. The van der Waals surface area contributed by atoms with Gasteiger partial charge in [0.1, 0.15) is 8.07 Å². The summed E-state index contributed by atoms with van der Waals surface area (Å²) in [6.45, 7) is 18.1. The smallest absolute Gasteiger partial charge is 0.126 e. The van der Waals surface area contributed by atoms with Crippen LogP contribution in [0.2, 0.25) is 39.3 Å². The second-order valence-electron chi connectivity index (χ2n) is 8.78. The van der Waals surface area contributed by atoms with Gasteiger partial charge in [-0.2, -0.15) is 0 Å². The molecule has 0 spiro atoms. The Morgan fingerprint density at radius 1 is 0.481 bits per heavy atom. The highest BCUT2D eigenvalue weighted by Gasteiger charge is 2.28. The third-order valence-electron chi connectivity index (χ3n) is 5.53. The first-order valence-corrected chi connectivity index (χ1v) is 18.6. The molecule has 0 nitrogen and oxygen atoms in total. The van der Waals surface area contributed by atoms with E-state index in [1.54, 1.807) is 0 Å². The van der Waals surface area contributed by atoms with Crippen LogP contribution in [-0.2, 0) is 0 Å². The largest absolute Gasteiger partial charge is 0.162 e. The van der Waals surface area contributed by atoms with Crippen LogP contribution in [0.5, 0.6) is 0 Å². The fourth-order valence-electron chi connectivity index (χ4n) is 3.54. The first-order valence-electron chi connectivity index (χ1n) is 9.64. The molecule has 0 aromatic heterocycles. The molecule has 0 fully saturated rings. The van der Waals surface area contributed by atoms with Gasteiger partial charge in [0, 0.05) is 0 Å². The number of hydrogen-bond donors (Lipinski definition) is 0. The van der Waals surface area contributed by atoms with Crippen molar-refractivity contribution in [3.05, 3.63) is 48.5 Å². The van der Waals surface area contributed by atoms with Crippen LogP contribution < -0.4 is 20.7 Å². The van der Waals surface area contributed by atoms with E-state index < -0.39 is 24.2 Å². The Hall–Kier alpha value is -1.79. The van der Waals surface area contributed by atoms with E-state index in [1.807, 2.05) is 13.8 Å². The lowest BCUT2D eigenvalue weighted by atomic mass is 10.3. The lowest BCUT2D eigenvalue weighted by Gasteiger charge is -2.26. The summed E-state index contributed by atoms with van der Waals surface area (Å²) in [5, 5.41) is 5.81. The van der Waals surface area contributed by atoms with Crippen molar-refractivity contribution in [2.75, 3.05) is 0 Å². The monoisotopic (exact) mass is 404 g/mol. The van der Waals surface area contributed by atoms with Gasteiger partial charge in [0.25, 0.3) is 0 Å². The lowest BCUT2D eigenvalue weighted by molar-refractivity contribution is 1.68. The fourth-order valence-corrected chi connectivity index (χ4v) is 9.42. The van der Waals surface area contributed by atoms with E-state index in [9.17, 15) is 0 Å². The molecule has 0 aliphatic heterocycles. The molecule has 0 radical (unpaired) electrons. The molecule has 0 saturated heterocycles. The highest BCUT2D eigenvalue weighted by Crippen LogP contribution is 2.08. The predicted octanol–water partition coefficient (Wildman–Crippen LogP) is 3.47. The van der Waals surface area contributed by atoms with Crippen LogP contribution in [-0.4, -0.2) is 24.2 Å². The quantitative estimate of drug-likeness (QED) is 0.541. The predicted molar refractivity (Wildman–Crippen MR) is 131 cm³/mol. The zero-order valence-corrected chi connectivity index (χ0v) is 21.1. The summed E-state index contributed by atoms with van der Waals surface area (Å²) in [6, 6.07) is 18.7. The van der Waals surface area contributed by atoms with Gasteiger partial charge in [-0.1, -0.05) is 98.2 Å². The van der Waals surface area contributed by atoms with E-state index in [-0.39, 0.29) is 0 Å². The Morgan fingerprint density at radius 3 is 1.00 bits per heavy atom. The molecule has 3 heteroatoms. The van der Waals surface area contributed by atoms with Gasteiger partial charge in [-0.05, 0) is 24.2 Å². The zero-order chi connectivity index (χ0) is 20.3. The average molecular weight is 405 g/mol. The topological polar surface area (TPSA) is 0 Å². The third kappa shape index (κ3) is 4.74. The van der Waals surface area contributed by atoms with E-state index in [0.29, 0.717) is 0 Å². The summed E-state index contributed by atoms with van der Waals surface area (Å²) >= 11 is 0. The summed E-state index contributed by atoms with van der Waals surface area (Å²) in [6.07, 6.45) is 0. The number of rotatable bonds is 4. The average Bonchev–Trinajstić information content (AvgIpc) is 2.62. The number of hydrogen-bond acceptors (Lipinski definition) is 0. The van der Waals surface area contributed by atoms with Gasteiger partial charge in [0.2, 0.25) is 0 Å². The van der Waals surface area contributed by atoms with Gasteiger partial charge in [0.05, 0.1) is 0 Å². The molecule has 0 N–H and O–H groups in total. The van der Waals surface area contributed by atoms with Crippen LogP contribution in [0.4, 0.5) is 0 Å². The molecule has 0 heterocycles. The third-order valence-corrected chi connectivity index (χ3v) is 14.4. The molecule has 0 saturated carbocycles. The maximum absolute atomic E-state index is 3.45. The number of benzene rings is 2. The van der Waals surface area contributed by atoms with Gasteiger partial charge in [0.15, 0.2) is 16.1 Å². The van der Waals surface area contributed by atoms with Gasteiger partial charge < -0.3 is 0 Å². The molecule has 140 valence electrons. The van der Waals surface area contributed by atoms with E-state index in [0.717, 1.165) is 0 Å². The molecule has 0 bridgehead atoms. The Kier molecular flexibility index (Phi) is 6.43. The van der Waals surface area contributed by atoms with E-state index >= 15 is 0 Å². The Labute approximate surface area is 169 Å². The SMILES string of the molecule is CC#C[Si](C)(C)c1ccc([Si](C)(C)c2ccc([Si](C)(C)C#CC)cc2)cc1. The highest BCUT2D eigenvalue weighted by molar-refractivity contribution is 7.01.